The zero-order valence-corrected chi connectivity index (χ0v) is 25.0. The highest BCUT2D eigenvalue weighted by Crippen LogP contribution is 2.41. The van der Waals surface area contributed by atoms with E-state index in [0.29, 0.717) is 41.5 Å². The van der Waals surface area contributed by atoms with Crippen LogP contribution in [0.2, 0.25) is 18.1 Å². The highest BCUT2D eigenvalue weighted by atomic mass is 28.4. The van der Waals surface area contributed by atoms with Crippen LogP contribution in [0.25, 0.3) is 0 Å². The number of benzene rings is 2. The Hall–Kier alpha value is -2.51. The van der Waals surface area contributed by atoms with Crippen molar-refractivity contribution in [2.45, 2.75) is 72.0 Å². The standard InChI is InChI=1S/C29H45NO5Si/c1-19-12-13-22(16-20(19)2)23(14-15-35-36(10,11)29(4,5)6)18-30-28(31)24-17-25(32-7)27(34-9)26(33-8)21(24)3/h12-13,16-17,23H,14-15,18H2,1-11H3,(H,30,31). The first kappa shape index (κ1) is 29.7. The number of hydrogen-bond acceptors (Lipinski definition) is 5. The summed E-state index contributed by atoms with van der Waals surface area (Å²) in [6.45, 7) is 18.5. The number of nitrogens with one attached hydrogen (secondary N) is 1. The first-order valence-electron chi connectivity index (χ1n) is 12.6. The van der Waals surface area contributed by atoms with Crippen LogP contribution in [0.4, 0.5) is 0 Å². The summed E-state index contributed by atoms with van der Waals surface area (Å²) in [5, 5.41) is 3.31. The van der Waals surface area contributed by atoms with Gasteiger partial charge in [-0.3, -0.25) is 4.79 Å². The molecule has 7 heteroatoms. The van der Waals surface area contributed by atoms with Crippen LogP contribution >= 0.6 is 0 Å². The van der Waals surface area contributed by atoms with Gasteiger partial charge in [0, 0.05) is 30.2 Å². The van der Waals surface area contributed by atoms with Crippen molar-refractivity contribution in [1.82, 2.24) is 5.32 Å². The SMILES string of the molecule is COc1cc(C(=O)NCC(CCO[Si](C)(C)C(C)(C)C)c2ccc(C)c(C)c2)c(C)c(OC)c1OC. The smallest absolute Gasteiger partial charge is 0.251 e. The molecule has 1 N–H and O–H groups in total. The van der Waals surface area contributed by atoms with E-state index in [-0.39, 0.29) is 16.9 Å². The molecule has 0 fully saturated rings. The molecule has 2 aromatic carbocycles. The molecule has 0 saturated heterocycles. The maximum Gasteiger partial charge on any atom is 0.251 e. The second kappa shape index (κ2) is 12.1. The molecule has 2 aromatic rings. The molecule has 0 saturated carbocycles. The van der Waals surface area contributed by atoms with Gasteiger partial charge in [-0.2, -0.15) is 0 Å². The number of rotatable bonds is 11. The Morgan fingerprint density at radius 1 is 0.944 bits per heavy atom. The molecule has 6 nitrogen and oxygen atoms in total. The number of carbonyl (C=O) groups excluding carboxylic acids is 1. The Morgan fingerprint density at radius 2 is 1.58 bits per heavy atom. The molecular formula is C29H45NO5Si. The molecular weight excluding hydrogens is 470 g/mol. The Labute approximate surface area is 218 Å². The molecule has 0 radical (unpaired) electrons. The summed E-state index contributed by atoms with van der Waals surface area (Å²) < 4.78 is 22.9. The topological polar surface area (TPSA) is 66.0 Å². The minimum Gasteiger partial charge on any atom is -0.493 e. The van der Waals surface area contributed by atoms with Gasteiger partial charge in [-0.25, -0.2) is 0 Å². The Balaban J connectivity index is 2.28. The third-order valence-electron chi connectivity index (χ3n) is 7.57. The summed E-state index contributed by atoms with van der Waals surface area (Å²) in [6, 6.07) is 8.24. The lowest BCUT2D eigenvalue weighted by Crippen LogP contribution is -2.41. The second-order valence-corrected chi connectivity index (χ2v) is 15.8. The van der Waals surface area contributed by atoms with Gasteiger partial charge in [0.2, 0.25) is 5.75 Å². The Morgan fingerprint density at radius 3 is 2.11 bits per heavy atom. The van der Waals surface area contributed by atoms with Crippen LogP contribution in [0.3, 0.4) is 0 Å². The van der Waals surface area contributed by atoms with Crippen molar-refractivity contribution in [3.8, 4) is 17.2 Å². The molecule has 0 aliphatic rings. The predicted molar refractivity (Wildman–Crippen MR) is 150 cm³/mol. The zero-order valence-electron chi connectivity index (χ0n) is 24.0. The maximum absolute atomic E-state index is 13.3. The maximum atomic E-state index is 13.3. The average molecular weight is 516 g/mol. The highest BCUT2D eigenvalue weighted by molar-refractivity contribution is 6.74. The molecule has 1 atom stereocenters. The first-order chi connectivity index (χ1) is 16.8. The number of methoxy groups -OCH3 is 3. The summed E-state index contributed by atoms with van der Waals surface area (Å²) >= 11 is 0. The van der Waals surface area contributed by atoms with E-state index < -0.39 is 8.32 Å². The molecule has 200 valence electrons. The minimum atomic E-state index is -1.85. The minimum absolute atomic E-state index is 0.125. The van der Waals surface area contributed by atoms with Gasteiger partial charge in [-0.15, -0.1) is 0 Å². The largest absolute Gasteiger partial charge is 0.493 e. The fourth-order valence-electron chi connectivity index (χ4n) is 3.93. The summed E-state index contributed by atoms with van der Waals surface area (Å²) in [6.07, 6.45) is 0.823. The average Bonchev–Trinajstić information content (AvgIpc) is 2.81. The fraction of sp³-hybridized carbons (Fsp3) is 0.552. The molecule has 0 aliphatic carbocycles. The highest BCUT2D eigenvalue weighted by Gasteiger charge is 2.37. The number of hydrogen-bond donors (Lipinski definition) is 1. The van der Waals surface area contributed by atoms with E-state index in [0.717, 1.165) is 6.42 Å². The van der Waals surface area contributed by atoms with Crippen molar-refractivity contribution in [1.29, 1.82) is 0 Å². The molecule has 1 amide bonds. The van der Waals surface area contributed by atoms with E-state index in [1.165, 1.54) is 16.7 Å². The molecule has 0 aliphatic heterocycles. The normalized spacial score (nSPS) is 12.8. The van der Waals surface area contributed by atoms with Crippen molar-refractivity contribution in [3.05, 3.63) is 52.1 Å². The molecule has 1 unspecified atom stereocenters. The van der Waals surface area contributed by atoms with Gasteiger partial charge < -0.3 is 24.0 Å². The van der Waals surface area contributed by atoms with Crippen molar-refractivity contribution in [3.63, 3.8) is 0 Å². The third kappa shape index (κ3) is 6.82. The predicted octanol–water partition coefficient (Wildman–Crippen LogP) is 6.56. The first-order valence-corrected chi connectivity index (χ1v) is 15.5. The van der Waals surface area contributed by atoms with Gasteiger partial charge >= 0.3 is 0 Å². The summed E-state index contributed by atoms with van der Waals surface area (Å²) in [5.74, 6) is 1.38. The molecule has 0 heterocycles. The van der Waals surface area contributed by atoms with Crippen LogP contribution in [0.1, 0.15) is 65.7 Å². The van der Waals surface area contributed by atoms with Crippen molar-refractivity contribution in [2.75, 3.05) is 34.5 Å². The molecule has 0 aromatic heterocycles. The van der Waals surface area contributed by atoms with E-state index in [9.17, 15) is 4.79 Å². The lowest BCUT2D eigenvalue weighted by molar-refractivity contribution is 0.0948. The van der Waals surface area contributed by atoms with Gasteiger partial charge in [0.25, 0.3) is 5.91 Å². The molecule has 36 heavy (non-hydrogen) atoms. The van der Waals surface area contributed by atoms with Crippen LogP contribution in [-0.2, 0) is 4.43 Å². The van der Waals surface area contributed by atoms with Gasteiger partial charge in [0.15, 0.2) is 19.8 Å². The van der Waals surface area contributed by atoms with Gasteiger partial charge in [-0.1, -0.05) is 39.0 Å². The van der Waals surface area contributed by atoms with Crippen LogP contribution in [0.15, 0.2) is 24.3 Å². The Bertz CT molecular complexity index is 1060. The van der Waals surface area contributed by atoms with E-state index in [2.05, 4.69) is 71.2 Å². The number of amides is 1. The lowest BCUT2D eigenvalue weighted by atomic mass is 9.93. The van der Waals surface area contributed by atoms with Crippen LogP contribution in [0.5, 0.6) is 17.2 Å². The van der Waals surface area contributed by atoms with Gasteiger partial charge in [0.05, 0.1) is 21.3 Å². The molecule has 0 bridgehead atoms. The summed E-state index contributed by atoms with van der Waals surface area (Å²) in [7, 11) is 2.81. The van der Waals surface area contributed by atoms with Crippen LogP contribution in [0, 0.1) is 20.8 Å². The van der Waals surface area contributed by atoms with E-state index in [4.69, 9.17) is 18.6 Å². The second-order valence-electron chi connectivity index (χ2n) is 11.0. The molecule has 0 spiro atoms. The van der Waals surface area contributed by atoms with E-state index >= 15 is 0 Å². The quantitative estimate of drug-likeness (QED) is 0.343. The summed E-state index contributed by atoms with van der Waals surface area (Å²) in [5.41, 5.74) is 4.91. The fourth-order valence-corrected chi connectivity index (χ4v) is 4.99. The Kier molecular flexibility index (Phi) is 10.0. The lowest BCUT2D eigenvalue weighted by Gasteiger charge is -2.36. The van der Waals surface area contributed by atoms with Crippen molar-refractivity contribution >= 4 is 14.2 Å². The van der Waals surface area contributed by atoms with Crippen LogP contribution < -0.4 is 19.5 Å². The number of aryl methyl sites for hydroxylation is 2. The van der Waals surface area contributed by atoms with Gasteiger partial charge in [0.1, 0.15) is 0 Å². The van der Waals surface area contributed by atoms with Crippen LogP contribution in [-0.4, -0.2) is 48.7 Å². The summed E-state index contributed by atoms with van der Waals surface area (Å²) in [4.78, 5) is 13.3. The number of ether oxygens (including phenoxy) is 3. The van der Waals surface area contributed by atoms with Crippen molar-refractivity contribution in [2.24, 2.45) is 0 Å². The van der Waals surface area contributed by atoms with E-state index in [1.54, 1.807) is 27.4 Å². The molecule has 2 rings (SSSR count). The third-order valence-corrected chi connectivity index (χ3v) is 12.1. The zero-order chi connectivity index (χ0) is 27.3. The van der Waals surface area contributed by atoms with E-state index in [1.807, 2.05) is 6.92 Å². The van der Waals surface area contributed by atoms with Gasteiger partial charge in [-0.05, 0) is 68.1 Å². The number of carbonyl (C=O) groups is 1. The van der Waals surface area contributed by atoms with Crippen molar-refractivity contribution < 1.29 is 23.4 Å². The monoisotopic (exact) mass is 515 g/mol.